The molecule has 0 radical (unpaired) electrons. The molecule has 2 atom stereocenters. The smallest absolute Gasteiger partial charge is 0.316 e. The molecule has 2 aliphatic heterocycles. The molecule has 4 aliphatic rings. The lowest BCUT2D eigenvalue weighted by Gasteiger charge is -2.53. The second-order valence-electron chi connectivity index (χ2n) is 19.4. The van der Waals surface area contributed by atoms with Gasteiger partial charge < -0.3 is 39.3 Å². The van der Waals surface area contributed by atoms with Gasteiger partial charge in [-0.25, -0.2) is 18.1 Å². The highest BCUT2D eigenvalue weighted by Crippen LogP contribution is 2.51. The van der Waals surface area contributed by atoms with E-state index in [2.05, 4.69) is 63.0 Å². The van der Waals surface area contributed by atoms with Crippen molar-refractivity contribution in [2.75, 3.05) is 37.8 Å². The molecule has 67 heavy (non-hydrogen) atoms. The van der Waals surface area contributed by atoms with Gasteiger partial charge in [-0.2, -0.15) is 0 Å². The second-order valence-corrected chi connectivity index (χ2v) is 21.1. The number of nitro benzene ring substituents is 1. The number of anilines is 1. The molecular weight excluding hydrogens is 877 g/mol. The predicted molar refractivity (Wildman–Crippen MR) is 253 cm³/mol. The van der Waals surface area contributed by atoms with E-state index in [1.54, 1.807) is 31.3 Å². The summed E-state index contributed by atoms with van der Waals surface area (Å²) in [6.07, 6.45) is 9.29. The first-order valence-corrected chi connectivity index (χ1v) is 24.9. The Balaban J connectivity index is 0.908. The topological polar surface area (TPSA) is 207 Å². The number of aliphatic hydroxyl groups is 1. The minimum absolute atomic E-state index is 0.00715. The molecule has 9 rings (SSSR count). The van der Waals surface area contributed by atoms with Crippen LogP contribution in [-0.2, 0) is 14.8 Å². The van der Waals surface area contributed by atoms with Crippen LogP contribution in [0, 0.1) is 21.4 Å². The van der Waals surface area contributed by atoms with E-state index in [-0.39, 0.29) is 46.8 Å². The summed E-state index contributed by atoms with van der Waals surface area (Å²) in [5.74, 6) is -0.432. The number of nitro groups is 1. The Morgan fingerprint density at radius 2 is 1.79 bits per heavy atom. The minimum atomic E-state index is -4.70. The van der Waals surface area contributed by atoms with Gasteiger partial charge in [0.2, 0.25) is 5.75 Å². The molecule has 17 heteroatoms. The van der Waals surface area contributed by atoms with Crippen LogP contribution in [0.3, 0.4) is 0 Å². The summed E-state index contributed by atoms with van der Waals surface area (Å²) in [5, 5.41) is 27.5. The van der Waals surface area contributed by atoms with Gasteiger partial charge in [-0.1, -0.05) is 38.1 Å². The summed E-state index contributed by atoms with van der Waals surface area (Å²) in [6.45, 7) is 11.2. The molecule has 0 unspecified atom stereocenters. The number of piperidine rings is 1. The molecule has 2 aromatic heterocycles. The molecule has 4 heterocycles. The van der Waals surface area contributed by atoms with Gasteiger partial charge in [0.05, 0.1) is 39.8 Å². The maximum Gasteiger partial charge on any atom is 0.316 e. The van der Waals surface area contributed by atoms with Crippen LogP contribution in [0.1, 0.15) is 113 Å². The Bertz CT molecular complexity index is 2730. The van der Waals surface area contributed by atoms with E-state index >= 15 is 0 Å². The lowest BCUT2D eigenvalue weighted by Crippen LogP contribution is -2.54. The van der Waals surface area contributed by atoms with Gasteiger partial charge in [-0.3, -0.25) is 14.9 Å². The number of pyridine rings is 1. The Hall–Kier alpha value is -5.75. The molecule has 3 aromatic carbocycles. The molecule has 16 nitrogen and oxygen atoms in total. The highest BCUT2D eigenvalue weighted by atomic mass is 32.2. The van der Waals surface area contributed by atoms with Crippen LogP contribution in [0.5, 0.6) is 23.0 Å². The average Bonchev–Trinajstić information content (AvgIpc) is 3.77. The van der Waals surface area contributed by atoms with Crippen molar-refractivity contribution in [3.05, 3.63) is 106 Å². The molecule has 1 spiro atoms. The van der Waals surface area contributed by atoms with Crippen molar-refractivity contribution < 1.29 is 42.2 Å². The molecule has 1 amide bonds. The van der Waals surface area contributed by atoms with Gasteiger partial charge >= 0.3 is 5.69 Å². The van der Waals surface area contributed by atoms with Crippen LogP contribution in [-0.4, -0.2) is 85.0 Å². The van der Waals surface area contributed by atoms with Crippen LogP contribution in [0.15, 0.2) is 84.0 Å². The second kappa shape index (κ2) is 18.7. The van der Waals surface area contributed by atoms with Crippen molar-refractivity contribution >= 4 is 38.3 Å². The molecular formula is C50H60N6O10S. The molecule has 3 fully saturated rings. The van der Waals surface area contributed by atoms with E-state index < -0.39 is 43.1 Å². The highest BCUT2D eigenvalue weighted by molar-refractivity contribution is 7.90. The van der Waals surface area contributed by atoms with Crippen molar-refractivity contribution in [3.8, 4) is 23.0 Å². The van der Waals surface area contributed by atoms with Crippen molar-refractivity contribution in [2.24, 2.45) is 11.3 Å². The fourth-order valence-electron chi connectivity index (χ4n) is 10.5. The third-order valence-corrected chi connectivity index (χ3v) is 15.6. The number of rotatable bonds is 15. The molecule has 356 valence electrons. The Morgan fingerprint density at radius 3 is 2.51 bits per heavy atom. The third kappa shape index (κ3) is 9.96. The third-order valence-electron chi connectivity index (χ3n) is 14.3. The molecule has 2 aliphatic carbocycles. The zero-order chi connectivity index (χ0) is 47.1. The summed E-state index contributed by atoms with van der Waals surface area (Å²) < 4.78 is 54.3. The molecule has 2 saturated carbocycles. The van der Waals surface area contributed by atoms with Crippen LogP contribution in [0.2, 0.25) is 0 Å². The van der Waals surface area contributed by atoms with Crippen LogP contribution in [0.25, 0.3) is 11.0 Å². The van der Waals surface area contributed by atoms with Crippen LogP contribution >= 0.6 is 0 Å². The first kappa shape index (κ1) is 46.4. The SMILES string of the molecule is CCOC[C@@H](NC1CC2(CCN(c3ccc(C(=O)NS(=O)(=O)c4cc5c(c([N+](=O)[O-])c4)O[C@H]([C@H]4CC[C@](C)(O)CC4)CO5)c(Oc4cnc5[nH]ccc5c4)c3)CC2)C1)c1ccccc1C(C)C. The van der Waals surface area contributed by atoms with E-state index in [0.717, 1.165) is 62.0 Å². The number of aromatic amines is 1. The first-order chi connectivity index (χ1) is 32.1. The van der Waals surface area contributed by atoms with Gasteiger partial charge in [-0.15, -0.1) is 0 Å². The van der Waals surface area contributed by atoms with Crippen LogP contribution < -0.4 is 29.1 Å². The van der Waals surface area contributed by atoms with E-state index in [1.807, 2.05) is 13.0 Å². The standard InChI is InChI=1S/C50H60N6O10S/c1-5-63-29-41(39-9-7-6-8-38(39)31(2)3)53-34-26-50(27-34)17-20-55(21-18-50)35-10-11-40(43(23-35)65-36-22-33-14-19-51-47(33)52-28-36)48(57)54-67(61,62)37-24-42(56(59)60)46-44(25-37)64-30-45(66-46)32-12-15-49(4,58)16-13-32/h6-11,14,19,22-25,28,31-32,34,41,45,53,58H,5,12-13,15-18,20-21,26-27,29-30H2,1-4H3,(H,51,52)(H,54,57)/t32-,41-,45+,49-/m1/s1. The number of sulfonamides is 1. The number of aromatic nitrogens is 2. The van der Waals surface area contributed by atoms with Crippen LogP contribution in [0.4, 0.5) is 11.4 Å². The maximum absolute atomic E-state index is 14.1. The first-order valence-electron chi connectivity index (χ1n) is 23.4. The van der Waals surface area contributed by atoms with Gasteiger partial charge in [-0.05, 0) is 118 Å². The number of nitrogens with one attached hydrogen (secondary N) is 3. The molecule has 0 bridgehead atoms. The van der Waals surface area contributed by atoms with Gasteiger partial charge in [0.15, 0.2) is 5.75 Å². The van der Waals surface area contributed by atoms with Gasteiger partial charge in [0, 0.05) is 61.2 Å². The quantitative estimate of drug-likeness (QED) is 0.0573. The lowest BCUT2D eigenvalue weighted by atomic mass is 9.60. The minimum Gasteiger partial charge on any atom is -0.485 e. The number of ether oxygens (including phenoxy) is 4. The average molecular weight is 937 g/mol. The Labute approximate surface area is 390 Å². The number of hydrogen-bond acceptors (Lipinski definition) is 13. The lowest BCUT2D eigenvalue weighted by molar-refractivity contribution is -0.386. The fourth-order valence-corrected chi connectivity index (χ4v) is 11.5. The number of benzene rings is 3. The Morgan fingerprint density at radius 1 is 1.04 bits per heavy atom. The largest absolute Gasteiger partial charge is 0.485 e. The number of hydrogen-bond donors (Lipinski definition) is 4. The van der Waals surface area contributed by atoms with Crippen molar-refractivity contribution in [1.82, 2.24) is 20.0 Å². The highest BCUT2D eigenvalue weighted by Gasteiger charge is 2.47. The van der Waals surface area contributed by atoms with Crippen molar-refractivity contribution in [1.29, 1.82) is 0 Å². The van der Waals surface area contributed by atoms with E-state index in [9.17, 15) is 28.4 Å². The normalized spacial score (nSPS) is 22.1. The van der Waals surface area contributed by atoms with Gasteiger partial charge in [0.25, 0.3) is 15.9 Å². The Kier molecular flexibility index (Phi) is 13.0. The van der Waals surface area contributed by atoms with Gasteiger partial charge in [0.1, 0.15) is 29.9 Å². The number of amides is 1. The zero-order valence-corrected chi connectivity index (χ0v) is 39.3. The summed E-state index contributed by atoms with van der Waals surface area (Å²) in [6, 6.07) is 19.8. The number of H-pyrrole nitrogens is 1. The number of carbonyl (C=O) groups is 1. The fraction of sp³-hybridized carbons (Fsp3) is 0.480. The number of carbonyl (C=O) groups excluding carboxylic acids is 1. The summed E-state index contributed by atoms with van der Waals surface area (Å²) in [4.78, 5) is 34.9. The number of fused-ring (bicyclic) bond motifs is 2. The molecule has 4 N–H and O–H groups in total. The number of nitrogens with zero attached hydrogens (tertiary/aromatic N) is 3. The predicted octanol–water partition coefficient (Wildman–Crippen LogP) is 8.70. The zero-order valence-electron chi connectivity index (χ0n) is 38.5. The monoisotopic (exact) mass is 936 g/mol. The summed E-state index contributed by atoms with van der Waals surface area (Å²) in [7, 11) is -4.70. The molecule has 1 saturated heterocycles. The summed E-state index contributed by atoms with van der Waals surface area (Å²) >= 11 is 0. The van der Waals surface area contributed by atoms with Crippen molar-refractivity contribution in [2.45, 2.75) is 114 Å². The maximum atomic E-state index is 14.1. The van der Waals surface area contributed by atoms with E-state index in [1.165, 1.54) is 23.4 Å². The van der Waals surface area contributed by atoms with E-state index in [0.29, 0.717) is 62.3 Å². The molecule has 5 aromatic rings. The van der Waals surface area contributed by atoms with E-state index in [4.69, 9.17) is 18.9 Å². The summed E-state index contributed by atoms with van der Waals surface area (Å²) in [5.41, 5.74) is 2.87. The van der Waals surface area contributed by atoms with Crippen molar-refractivity contribution in [3.63, 3.8) is 0 Å².